The number of morpholine rings is 1. The number of anilines is 2. The van der Waals surface area contributed by atoms with Gasteiger partial charge in [0.2, 0.25) is 11.9 Å². The van der Waals surface area contributed by atoms with Gasteiger partial charge < -0.3 is 15.0 Å². The van der Waals surface area contributed by atoms with Crippen molar-refractivity contribution < 1.29 is 22.7 Å². The number of aromatic nitrogens is 3. The highest BCUT2D eigenvalue weighted by Crippen LogP contribution is 2.31. The van der Waals surface area contributed by atoms with Crippen molar-refractivity contribution >= 4 is 29.3 Å². The molecule has 0 radical (unpaired) electrons. The van der Waals surface area contributed by atoms with Gasteiger partial charge in [0.15, 0.2) is 5.16 Å². The molecule has 1 N–H and O–H groups in total. The SMILES string of the molecule is Cc1ccccc1-n1c(SCC(=O)Nc2ccc(C(F)(F)F)cc2)nnc1N1CCOCC1. The van der Waals surface area contributed by atoms with Gasteiger partial charge in [-0.25, -0.2) is 0 Å². The van der Waals surface area contributed by atoms with Gasteiger partial charge in [-0.3, -0.25) is 9.36 Å². The molecule has 4 rings (SSSR count). The van der Waals surface area contributed by atoms with E-state index in [9.17, 15) is 18.0 Å². The van der Waals surface area contributed by atoms with E-state index in [0.29, 0.717) is 43.1 Å². The lowest BCUT2D eigenvalue weighted by Crippen LogP contribution is -2.38. The quantitative estimate of drug-likeness (QED) is 0.538. The van der Waals surface area contributed by atoms with Crippen LogP contribution >= 0.6 is 11.8 Å². The number of carbonyl (C=O) groups is 1. The summed E-state index contributed by atoms with van der Waals surface area (Å²) in [6, 6.07) is 12.2. The number of alkyl halides is 3. The Morgan fingerprint density at radius 3 is 2.45 bits per heavy atom. The van der Waals surface area contributed by atoms with E-state index in [0.717, 1.165) is 23.4 Å². The number of thioether (sulfide) groups is 1. The highest BCUT2D eigenvalue weighted by atomic mass is 32.2. The third-order valence-corrected chi connectivity index (χ3v) is 6.02. The summed E-state index contributed by atoms with van der Waals surface area (Å²) in [6.45, 7) is 4.55. The molecule has 3 aromatic rings. The third kappa shape index (κ3) is 5.48. The number of ether oxygens (including phenoxy) is 1. The molecule has 0 unspecified atom stereocenters. The van der Waals surface area contributed by atoms with Crippen molar-refractivity contribution in [2.45, 2.75) is 18.3 Å². The number of nitrogens with one attached hydrogen (secondary N) is 1. The van der Waals surface area contributed by atoms with Crippen molar-refractivity contribution in [3.63, 3.8) is 0 Å². The van der Waals surface area contributed by atoms with E-state index in [1.54, 1.807) is 0 Å². The van der Waals surface area contributed by atoms with Crippen molar-refractivity contribution in [3.8, 4) is 5.69 Å². The maximum atomic E-state index is 12.7. The molecule has 11 heteroatoms. The van der Waals surface area contributed by atoms with Crippen molar-refractivity contribution in [1.29, 1.82) is 0 Å². The highest BCUT2D eigenvalue weighted by Gasteiger charge is 2.30. The topological polar surface area (TPSA) is 72.3 Å². The van der Waals surface area contributed by atoms with Crippen molar-refractivity contribution in [3.05, 3.63) is 59.7 Å². The monoisotopic (exact) mass is 477 g/mol. The average Bonchev–Trinajstić information content (AvgIpc) is 3.22. The predicted octanol–water partition coefficient (Wildman–Crippen LogP) is 4.16. The lowest BCUT2D eigenvalue weighted by atomic mass is 10.2. The summed E-state index contributed by atoms with van der Waals surface area (Å²) in [5.41, 5.74) is 1.47. The molecule has 1 aromatic heterocycles. The molecule has 0 spiro atoms. The Kier molecular flexibility index (Phi) is 6.89. The maximum Gasteiger partial charge on any atom is 0.416 e. The Labute approximate surface area is 192 Å². The fourth-order valence-corrected chi connectivity index (χ4v) is 4.16. The molecule has 174 valence electrons. The minimum absolute atomic E-state index is 0.0220. The van der Waals surface area contributed by atoms with Crippen LogP contribution in [-0.4, -0.2) is 52.7 Å². The zero-order chi connectivity index (χ0) is 23.4. The van der Waals surface area contributed by atoms with Gasteiger partial charge in [0.25, 0.3) is 0 Å². The molecule has 33 heavy (non-hydrogen) atoms. The first-order chi connectivity index (χ1) is 15.8. The standard InChI is InChI=1S/C22H22F3N5O2S/c1-15-4-2-3-5-18(15)30-20(29-10-12-32-13-11-29)27-28-21(30)33-14-19(31)26-17-8-6-16(7-9-17)22(23,24)25/h2-9H,10-14H2,1H3,(H,26,31). The van der Waals surface area contributed by atoms with Crippen LogP contribution in [0.15, 0.2) is 53.7 Å². The first-order valence-electron chi connectivity index (χ1n) is 10.3. The van der Waals surface area contributed by atoms with Crippen molar-refractivity contribution in [2.75, 3.05) is 42.3 Å². The second-order valence-corrected chi connectivity index (χ2v) is 8.36. The lowest BCUT2D eigenvalue weighted by molar-refractivity contribution is -0.137. The predicted molar refractivity (Wildman–Crippen MR) is 120 cm³/mol. The van der Waals surface area contributed by atoms with E-state index in [1.165, 1.54) is 23.9 Å². The number of hydrogen-bond acceptors (Lipinski definition) is 6. The minimum Gasteiger partial charge on any atom is -0.378 e. The van der Waals surface area contributed by atoms with Crippen LogP contribution in [0.4, 0.5) is 24.8 Å². The molecule has 0 atom stereocenters. The second-order valence-electron chi connectivity index (χ2n) is 7.42. The van der Waals surface area contributed by atoms with Crippen LogP contribution in [0.2, 0.25) is 0 Å². The summed E-state index contributed by atoms with van der Waals surface area (Å²) in [6.07, 6.45) is -4.42. The fraction of sp³-hybridized carbons (Fsp3) is 0.318. The molecule has 0 bridgehead atoms. The van der Waals surface area contributed by atoms with Gasteiger partial charge in [-0.15, -0.1) is 10.2 Å². The largest absolute Gasteiger partial charge is 0.416 e. The Morgan fingerprint density at radius 1 is 1.09 bits per heavy atom. The van der Waals surface area contributed by atoms with E-state index in [-0.39, 0.29) is 11.7 Å². The van der Waals surface area contributed by atoms with E-state index in [1.807, 2.05) is 35.8 Å². The molecule has 1 fully saturated rings. The smallest absolute Gasteiger partial charge is 0.378 e. The molecule has 7 nitrogen and oxygen atoms in total. The Morgan fingerprint density at radius 2 is 1.79 bits per heavy atom. The Balaban J connectivity index is 1.50. The van der Waals surface area contributed by atoms with Crippen molar-refractivity contribution in [2.24, 2.45) is 0 Å². The maximum absolute atomic E-state index is 12.7. The molecule has 1 aliphatic heterocycles. The van der Waals surface area contributed by atoms with Gasteiger partial charge in [0.1, 0.15) is 0 Å². The molecule has 0 saturated carbocycles. The molecular weight excluding hydrogens is 455 g/mol. The molecule has 2 heterocycles. The van der Waals surface area contributed by atoms with E-state index < -0.39 is 11.7 Å². The number of aryl methyl sites for hydroxylation is 1. The number of benzene rings is 2. The zero-order valence-corrected chi connectivity index (χ0v) is 18.6. The summed E-state index contributed by atoms with van der Waals surface area (Å²) < 4.78 is 45.5. The second kappa shape index (κ2) is 9.84. The summed E-state index contributed by atoms with van der Waals surface area (Å²) in [7, 11) is 0. The first-order valence-corrected chi connectivity index (χ1v) is 11.3. The molecule has 1 amide bonds. The van der Waals surface area contributed by atoms with Gasteiger partial charge in [-0.2, -0.15) is 13.2 Å². The average molecular weight is 478 g/mol. The number of amides is 1. The van der Waals surface area contributed by atoms with Crippen LogP contribution < -0.4 is 10.2 Å². The Bertz CT molecular complexity index is 1110. The Hall–Kier alpha value is -3.05. The number of hydrogen-bond donors (Lipinski definition) is 1. The summed E-state index contributed by atoms with van der Waals surface area (Å²) >= 11 is 1.21. The molecule has 2 aromatic carbocycles. The van der Waals surface area contributed by atoms with Crippen LogP contribution in [0.3, 0.4) is 0 Å². The molecule has 1 aliphatic rings. The van der Waals surface area contributed by atoms with Crippen LogP contribution in [0.25, 0.3) is 5.69 Å². The van der Waals surface area contributed by atoms with Gasteiger partial charge in [0.05, 0.1) is 30.2 Å². The van der Waals surface area contributed by atoms with Gasteiger partial charge in [-0.1, -0.05) is 30.0 Å². The normalized spacial score (nSPS) is 14.4. The summed E-state index contributed by atoms with van der Waals surface area (Å²) in [4.78, 5) is 14.5. The van der Waals surface area contributed by atoms with Crippen LogP contribution in [-0.2, 0) is 15.7 Å². The first kappa shape index (κ1) is 23.1. The van der Waals surface area contributed by atoms with E-state index in [4.69, 9.17) is 4.74 Å². The minimum atomic E-state index is -4.42. The van der Waals surface area contributed by atoms with E-state index >= 15 is 0 Å². The molecule has 1 saturated heterocycles. The number of carbonyl (C=O) groups excluding carboxylic acids is 1. The number of rotatable bonds is 6. The highest BCUT2D eigenvalue weighted by molar-refractivity contribution is 7.99. The van der Waals surface area contributed by atoms with E-state index in [2.05, 4.69) is 20.4 Å². The lowest BCUT2D eigenvalue weighted by Gasteiger charge is -2.28. The summed E-state index contributed by atoms with van der Waals surface area (Å²) in [5, 5.41) is 11.9. The molecular formula is C22H22F3N5O2S. The number of halogens is 3. The van der Waals surface area contributed by atoms with Crippen LogP contribution in [0, 0.1) is 6.92 Å². The third-order valence-electron chi connectivity index (χ3n) is 5.09. The zero-order valence-electron chi connectivity index (χ0n) is 17.8. The molecule has 0 aliphatic carbocycles. The van der Waals surface area contributed by atoms with Crippen molar-refractivity contribution in [1.82, 2.24) is 14.8 Å². The number of nitrogens with zero attached hydrogens (tertiary/aromatic N) is 4. The van der Waals surface area contributed by atoms with Gasteiger partial charge >= 0.3 is 6.18 Å². The summed E-state index contributed by atoms with van der Waals surface area (Å²) in [5.74, 6) is 0.346. The fourth-order valence-electron chi connectivity index (χ4n) is 3.42. The van der Waals surface area contributed by atoms with Gasteiger partial charge in [-0.05, 0) is 42.8 Å². The van der Waals surface area contributed by atoms with Crippen LogP contribution in [0.1, 0.15) is 11.1 Å². The van der Waals surface area contributed by atoms with Gasteiger partial charge in [0, 0.05) is 18.8 Å². The number of para-hydroxylation sites is 1. The van der Waals surface area contributed by atoms with Crippen LogP contribution in [0.5, 0.6) is 0 Å².